The topological polar surface area (TPSA) is 92.3 Å². The summed E-state index contributed by atoms with van der Waals surface area (Å²) in [6.45, 7) is 4.10. The zero-order valence-corrected chi connectivity index (χ0v) is 20.3. The number of anilines is 3. The predicted octanol–water partition coefficient (Wildman–Crippen LogP) is 5.06. The maximum Gasteiger partial charge on any atom is 0.217 e. The number of fused-ring (bicyclic) bond motifs is 2. The van der Waals surface area contributed by atoms with E-state index in [1.165, 1.54) is 11.3 Å². The van der Waals surface area contributed by atoms with E-state index in [1.807, 2.05) is 41.8 Å². The maximum absolute atomic E-state index is 11.7. The fourth-order valence-electron chi connectivity index (χ4n) is 4.74. The van der Waals surface area contributed by atoms with Crippen molar-refractivity contribution in [3.05, 3.63) is 53.4 Å². The van der Waals surface area contributed by atoms with Crippen LogP contribution < -0.4 is 20.3 Å². The molecule has 8 nitrogen and oxygen atoms in total. The van der Waals surface area contributed by atoms with E-state index in [2.05, 4.69) is 21.6 Å². The molecule has 0 radical (unpaired) electrons. The van der Waals surface area contributed by atoms with Crippen molar-refractivity contribution in [3.8, 4) is 17.0 Å². The molecule has 2 aliphatic heterocycles. The first kappa shape index (κ1) is 21.8. The number of carbonyl (C=O) groups is 1. The third kappa shape index (κ3) is 4.39. The van der Waals surface area contributed by atoms with Crippen LogP contribution in [0.4, 0.5) is 16.8 Å². The number of hydrogen-bond donors (Lipinski definition) is 2. The quantitative estimate of drug-likeness (QED) is 0.407. The first-order chi connectivity index (χ1) is 17.1. The van der Waals surface area contributed by atoms with E-state index in [4.69, 9.17) is 19.7 Å². The van der Waals surface area contributed by atoms with E-state index < -0.39 is 0 Å². The minimum absolute atomic E-state index is 0.0429. The van der Waals surface area contributed by atoms with Crippen LogP contribution in [0.3, 0.4) is 0 Å². The molecule has 1 atom stereocenters. The monoisotopic (exact) mass is 486 g/mol. The lowest BCUT2D eigenvalue weighted by Gasteiger charge is -2.26. The summed E-state index contributed by atoms with van der Waals surface area (Å²) in [7, 11) is 0. The Hall–Kier alpha value is -3.72. The second kappa shape index (κ2) is 9.14. The third-order valence-corrected chi connectivity index (χ3v) is 7.17. The van der Waals surface area contributed by atoms with Gasteiger partial charge in [0.15, 0.2) is 16.8 Å². The molecule has 0 aliphatic carbocycles. The molecule has 178 valence electrons. The van der Waals surface area contributed by atoms with Gasteiger partial charge in [0.25, 0.3) is 0 Å². The van der Waals surface area contributed by atoms with Crippen LogP contribution >= 0.6 is 11.3 Å². The zero-order valence-electron chi connectivity index (χ0n) is 19.5. The van der Waals surface area contributed by atoms with E-state index in [0.717, 1.165) is 82.7 Å². The molecule has 4 heterocycles. The summed E-state index contributed by atoms with van der Waals surface area (Å²) in [5.74, 6) is 2.38. The fourth-order valence-corrected chi connectivity index (χ4v) is 5.46. The second-order valence-corrected chi connectivity index (χ2v) is 9.74. The fraction of sp³-hybridized carbons (Fsp3) is 0.308. The minimum Gasteiger partial charge on any atom is -0.493 e. The lowest BCUT2D eigenvalue weighted by Crippen LogP contribution is -2.30. The molecule has 4 aromatic rings. The van der Waals surface area contributed by atoms with Gasteiger partial charge in [0.2, 0.25) is 5.91 Å². The van der Waals surface area contributed by atoms with E-state index in [9.17, 15) is 4.79 Å². The number of nitrogens with one attached hydrogen (secondary N) is 2. The van der Waals surface area contributed by atoms with E-state index in [0.29, 0.717) is 6.61 Å². The molecule has 0 spiro atoms. The summed E-state index contributed by atoms with van der Waals surface area (Å²) in [5, 5.41) is 9.27. The Labute approximate surface area is 207 Å². The van der Waals surface area contributed by atoms with Crippen LogP contribution in [0.1, 0.15) is 37.8 Å². The number of amides is 1. The summed E-state index contributed by atoms with van der Waals surface area (Å²) in [4.78, 5) is 28.6. The van der Waals surface area contributed by atoms with Crippen LogP contribution in [-0.2, 0) is 4.79 Å². The Morgan fingerprint density at radius 3 is 2.69 bits per heavy atom. The second-order valence-electron chi connectivity index (χ2n) is 8.88. The van der Waals surface area contributed by atoms with Crippen molar-refractivity contribution >= 4 is 45.0 Å². The third-order valence-electron chi connectivity index (χ3n) is 6.41. The Balaban J connectivity index is 1.31. The molecule has 1 amide bonds. The van der Waals surface area contributed by atoms with Gasteiger partial charge in [0.05, 0.1) is 29.4 Å². The molecule has 0 bridgehead atoms. The van der Waals surface area contributed by atoms with Crippen molar-refractivity contribution in [2.24, 2.45) is 0 Å². The highest BCUT2D eigenvalue weighted by molar-refractivity contribution is 7.14. The van der Waals surface area contributed by atoms with Crippen molar-refractivity contribution in [2.75, 3.05) is 29.9 Å². The van der Waals surface area contributed by atoms with Gasteiger partial charge in [-0.05, 0) is 43.2 Å². The molecule has 2 aromatic carbocycles. The normalized spacial score (nSPS) is 17.2. The molecule has 1 fully saturated rings. The number of ether oxygens (including phenoxy) is 1. The van der Waals surface area contributed by atoms with Crippen molar-refractivity contribution < 1.29 is 9.53 Å². The smallest absolute Gasteiger partial charge is 0.217 e. The Bertz CT molecular complexity index is 1400. The molecular weight excluding hydrogens is 460 g/mol. The number of benzene rings is 2. The molecule has 6 rings (SSSR count). The van der Waals surface area contributed by atoms with Gasteiger partial charge in [-0.25, -0.2) is 15.0 Å². The Kier molecular flexibility index (Phi) is 5.69. The zero-order chi connectivity index (χ0) is 23.8. The first-order valence-corrected chi connectivity index (χ1v) is 12.8. The highest BCUT2D eigenvalue weighted by atomic mass is 32.1. The Morgan fingerprint density at radius 2 is 1.89 bits per heavy atom. The maximum atomic E-state index is 11.7. The minimum atomic E-state index is -0.0525. The van der Waals surface area contributed by atoms with E-state index in [1.54, 1.807) is 6.92 Å². The molecule has 1 unspecified atom stereocenters. The molecule has 2 N–H and O–H groups in total. The summed E-state index contributed by atoms with van der Waals surface area (Å²) >= 11 is 1.54. The first-order valence-electron chi connectivity index (χ1n) is 11.9. The van der Waals surface area contributed by atoms with E-state index >= 15 is 0 Å². The average Bonchev–Trinajstić information content (AvgIpc) is 3.56. The number of nitrogens with zero attached hydrogens (tertiary/aromatic N) is 4. The molecular formula is C26H26N6O2S. The molecule has 0 saturated carbocycles. The van der Waals surface area contributed by atoms with Gasteiger partial charge in [-0.2, -0.15) is 0 Å². The lowest BCUT2D eigenvalue weighted by atomic mass is 9.97. The van der Waals surface area contributed by atoms with Crippen molar-refractivity contribution in [1.82, 2.24) is 20.3 Å². The summed E-state index contributed by atoms with van der Waals surface area (Å²) in [6, 6.07) is 13.9. The van der Waals surface area contributed by atoms with Crippen LogP contribution in [0.25, 0.3) is 22.3 Å². The summed E-state index contributed by atoms with van der Waals surface area (Å²) in [5.41, 5.74) is 4.59. The van der Waals surface area contributed by atoms with Crippen LogP contribution in [0.2, 0.25) is 0 Å². The largest absolute Gasteiger partial charge is 0.493 e. The van der Waals surface area contributed by atoms with Crippen molar-refractivity contribution in [1.29, 1.82) is 0 Å². The van der Waals surface area contributed by atoms with Crippen LogP contribution in [0, 0.1) is 0 Å². The molecule has 9 heteroatoms. The van der Waals surface area contributed by atoms with Gasteiger partial charge in [-0.15, -0.1) is 11.3 Å². The number of aromatic nitrogens is 3. The van der Waals surface area contributed by atoms with Crippen LogP contribution in [-0.4, -0.2) is 40.6 Å². The molecule has 35 heavy (non-hydrogen) atoms. The van der Waals surface area contributed by atoms with Crippen molar-refractivity contribution in [3.63, 3.8) is 0 Å². The number of hydrogen-bond acceptors (Lipinski definition) is 8. The van der Waals surface area contributed by atoms with Gasteiger partial charge < -0.3 is 20.3 Å². The van der Waals surface area contributed by atoms with Crippen LogP contribution in [0.5, 0.6) is 5.75 Å². The molecule has 2 aromatic heterocycles. The van der Waals surface area contributed by atoms with Gasteiger partial charge in [-0.1, -0.05) is 12.1 Å². The predicted molar refractivity (Wildman–Crippen MR) is 138 cm³/mol. The lowest BCUT2D eigenvalue weighted by molar-refractivity contribution is -0.119. The summed E-state index contributed by atoms with van der Waals surface area (Å²) in [6.07, 6.45) is 3.08. The van der Waals surface area contributed by atoms with Gasteiger partial charge in [0, 0.05) is 42.9 Å². The number of carbonyl (C=O) groups excluding carboxylic acids is 1. The van der Waals surface area contributed by atoms with Gasteiger partial charge >= 0.3 is 0 Å². The van der Waals surface area contributed by atoms with Gasteiger partial charge in [0.1, 0.15) is 5.75 Å². The highest BCUT2D eigenvalue weighted by Crippen LogP contribution is 2.37. The van der Waals surface area contributed by atoms with E-state index in [-0.39, 0.29) is 11.9 Å². The standard InChI is InChI=1S/C26H26N6O2S/c1-16(33)27-19-10-13-34-23-9-8-17(14-18(19)23)22-15-35-26(30-22)31-24-25(32-11-4-5-12-32)29-21-7-3-2-6-20(21)28-24/h2-3,6-9,14-15,19H,4-5,10-13H2,1H3,(H,27,33)(H,28,30,31). The number of thiazole rings is 1. The molecule has 2 aliphatic rings. The SMILES string of the molecule is CC(=O)NC1CCOc2ccc(-c3csc(Nc4nc5ccccc5nc4N4CCCC4)n3)cc21. The van der Waals surface area contributed by atoms with Crippen LogP contribution in [0.15, 0.2) is 47.8 Å². The molecule has 1 saturated heterocycles. The van der Waals surface area contributed by atoms with Gasteiger partial charge in [-0.3, -0.25) is 4.79 Å². The Morgan fingerprint density at radius 1 is 1.09 bits per heavy atom. The average molecular weight is 487 g/mol. The number of rotatable bonds is 5. The summed E-state index contributed by atoms with van der Waals surface area (Å²) < 4.78 is 5.81. The van der Waals surface area contributed by atoms with Crippen molar-refractivity contribution in [2.45, 2.75) is 32.2 Å². The highest BCUT2D eigenvalue weighted by Gasteiger charge is 2.24. The number of para-hydroxylation sites is 2.